The van der Waals surface area contributed by atoms with Crippen LogP contribution in [-0.2, 0) is 0 Å². The Bertz CT molecular complexity index is 815. The zero-order valence-corrected chi connectivity index (χ0v) is 14.3. The monoisotopic (exact) mass is 335 g/mol. The highest BCUT2D eigenvalue weighted by Gasteiger charge is 2.16. The molecule has 0 spiro atoms. The first-order chi connectivity index (χ1) is 12.1. The normalized spacial score (nSPS) is 12.1. The molecule has 6 nitrogen and oxygen atoms in total. The number of carbonyl (C=O) groups is 1. The summed E-state index contributed by atoms with van der Waals surface area (Å²) in [7, 11) is 4.01. The molecule has 2 aromatic heterocycles. The van der Waals surface area contributed by atoms with Gasteiger partial charge >= 0.3 is 0 Å². The minimum atomic E-state index is -0.119. The van der Waals surface area contributed by atoms with Crippen LogP contribution in [-0.4, -0.2) is 46.0 Å². The first-order valence-corrected chi connectivity index (χ1v) is 8.09. The van der Waals surface area contributed by atoms with Gasteiger partial charge in [-0.25, -0.2) is 9.97 Å². The number of nitrogens with zero attached hydrogens (tertiary/aromatic N) is 4. The summed E-state index contributed by atoms with van der Waals surface area (Å²) in [5.74, 6) is 0.545. The molecule has 0 aliphatic rings. The lowest BCUT2D eigenvalue weighted by atomic mass is 10.1. The summed E-state index contributed by atoms with van der Waals surface area (Å²) in [5.41, 5.74) is 1.74. The van der Waals surface area contributed by atoms with E-state index in [1.807, 2.05) is 32.3 Å². The van der Waals surface area contributed by atoms with Crippen molar-refractivity contribution < 1.29 is 4.79 Å². The third-order valence-electron chi connectivity index (χ3n) is 4.04. The quantitative estimate of drug-likeness (QED) is 0.751. The van der Waals surface area contributed by atoms with Gasteiger partial charge < -0.3 is 10.2 Å². The average molecular weight is 335 g/mol. The number of carbonyl (C=O) groups excluding carboxylic acids is 1. The molecule has 3 rings (SSSR count). The Hall–Kier alpha value is -2.99. The van der Waals surface area contributed by atoms with Gasteiger partial charge in [0.25, 0.3) is 5.91 Å². The molecule has 0 fully saturated rings. The molecule has 1 aromatic carbocycles. The van der Waals surface area contributed by atoms with Gasteiger partial charge in [-0.3, -0.25) is 9.36 Å². The lowest BCUT2D eigenvalue weighted by Crippen LogP contribution is -2.34. The Morgan fingerprint density at radius 2 is 2.00 bits per heavy atom. The summed E-state index contributed by atoms with van der Waals surface area (Å²) < 4.78 is 1.77. The van der Waals surface area contributed by atoms with Crippen LogP contribution in [0.5, 0.6) is 0 Å². The first-order valence-electron chi connectivity index (χ1n) is 8.09. The smallest absolute Gasteiger partial charge is 0.251 e. The molecule has 2 heterocycles. The van der Waals surface area contributed by atoms with Crippen molar-refractivity contribution in [3.05, 3.63) is 78.5 Å². The zero-order valence-electron chi connectivity index (χ0n) is 14.3. The molecule has 0 unspecified atom stereocenters. The van der Waals surface area contributed by atoms with E-state index in [1.165, 1.54) is 5.56 Å². The van der Waals surface area contributed by atoms with Crippen LogP contribution < -0.4 is 5.32 Å². The van der Waals surface area contributed by atoms with Crippen LogP contribution >= 0.6 is 0 Å². The number of imidazole rings is 1. The third-order valence-corrected chi connectivity index (χ3v) is 4.04. The second-order valence-corrected chi connectivity index (χ2v) is 5.97. The first kappa shape index (κ1) is 16.9. The Morgan fingerprint density at radius 3 is 2.68 bits per heavy atom. The number of hydrogen-bond donors (Lipinski definition) is 1. The van der Waals surface area contributed by atoms with Crippen molar-refractivity contribution in [3.8, 4) is 5.82 Å². The molecule has 0 radical (unpaired) electrons. The van der Waals surface area contributed by atoms with Gasteiger partial charge in [-0.1, -0.05) is 30.3 Å². The van der Waals surface area contributed by atoms with Gasteiger partial charge in [0, 0.05) is 30.7 Å². The van der Waals surface area contributed by atoms with E-state index in [0.29, 0.717) is 17.9 Å². The average Bonchev–Trinajstić information content (AvgIpc) is 3.17. The van der Waals surface area contributed by atoms with Crippen molar-refractivity contribution in [2.75, 3.05) is 20.6 Å². The largest absolute Gasteiger partial charge is 0.350 e. The fourth-order valence-electron chi connectivity index (χ4n) is 2.66. The Morgan fingerprint density at radius 1 is 1.20 bits per heavy atom. The van der Waals surface area contributed by atoms with Gasteiger partial charge in [0.2, 0.25) is 0 Å². The predicted molar refractivity (Wildman–Crippen MR) is 96.6 cm³/mol. The van der Waals surface area contributed by atoms with Crippen molar-refractivity contribution in [2.24, 2.45) is 0 Å². The molecule has 6 heteroatoms. The summed E-state index contributed by atoms with van der Waals surface area (Å²) in [5, 5.41) is 3.02. The lowest BCUT2D eigenvalue weighted by molar-refractivity contribution is 0.0941. The Labute approximate surface area is 147 Å². The van der Waals surface area contributed by atoms with Crippen molar-refractivity contribution in [2.45, 2.75) is 6.04 Å². The van der Waals surface area contributed by atoms with Gasteiger partial charge in [0.1, 0.15) is 12.1 Å². The maximum Gasteiger partial charge on any atom is 0.251 e. The number of likely N-dealkylation sites (N-methyl/N-ethyl adjacent to an activating group) is 1. The molecule has 1 atom stereocenters. The molecule has 128 valence electrons. The summed E-state index contributed by atoms with van der Waals surface area (Å²) in [4.78, 5) is 22.9. The third kappa shape index (κ3) is 4.10. The minimum absolute atomic E-state index is 0.111. The number of benzene rings is 1. The van der Waals surface area contributed by atoms with E-state index >= 15 is 0 Å². The fraction of sp³-hybridized carbons (Fsp3) is 0.211. The topological polar surface area (TPSA) is 63.1 Å². The van der Waals surface area contributed by atoms with E-state index < -0.39 is 0 Å². The Kier molecular flexibility index (Phi) is 5.20. The molecule has 1 N–H and O–H groups in total. The van der Waals surface area contributed by atoms with Crippen LogP contribution in [0.4, 0.5) is 0 Å². The number of aromatic nitrogens is 3. The van der Waals surface area contributed by atoms with E-state index in [1.54, 1.807) is 41.6 Å². The van der Waals surface area contributed by atoms with E-state index in [9.17, 15) is 4.79 Å². The van der Waals surface area contributed by atoms with Gasteiger partial charge in [-0.15, -0.1) is 0 Å². The van der Waals surface area contributed by atoms with E-state index in [-0.39, 0.29) is 11.9 Å². The minimum Gasteiger partial charge on any atom is -0.350 e. The van der Waals surface area contributed by atoms with Crippen LogP contribution in [0.15, 0.2) is 67.4 Å². The number of hydrogen-bond acceptors (Lipinski definition) is 4. The zero-order chi connectivity index (χ0) is 17.6. The van der Waals surface area contributed by atoms with E-state index in [4.69, 9.17) is 0 Å². The highest BCUT2D eigenvalue weighted by Crippen LogP contribution is 2.17. The molecule has 0 aliphatic carbocycles. The maximum absolute atomic E-state index is 12.5. The van der Waals surface area contributed by atoms with Crippen LogP contribution in [0.2, 0.25) is 0 Å². The molecule has 0 bridgehead atoms. The number of nitrogens with one attached hydrogen (secondary N) is 1. The predicted octanol–water partition coefficient (Wildman–Crippen LogP) is 2.30. The second kappa shape index (κ2) is 7.72. The van der Waals surface area contributed by atoms with Crippen LogP contribution in [0.3, 0.4) is 0 Å². The van der Waals surface area contributed by atoms with Gasteiger partial charge in [0.05, 0.1) is 6.04 Å². The van der Waals surface area contributed by atoms with E-state index in [0.717, 1.165) is 0 Å². The highest BCUT2D eigenvalue weighted by molar-refractivity contribution is 5.94. The van der Waals surface area contributed by atoms with Crippen LogP contribution in [0, 0.1) is 0 Å². The fourth-order valence-corrected chi connectivity index (χ4v) is 2.66. The molecule has 1 amide bonds. The SMILES string of the molecule is CN(C)[C@H](CNC(=O)c1ccnc(-n2ccnc2)c1)c1ccccc1. The lowest BCUT2D eigenvalue weighted by Gasteiger charge is -2.25. The van der Waals surface area contributed by atoms with Crippen molar-refractivity contribution in [1.82, 2.24) is 24.8 Å². The van der Waals surface area contributed by atoms with Gasteiger partial charge in [0.15, 0.2) is 0 Å². The standard InChI is InChI=1S/C19H21N5O/c1-23(2)17(15-6-4-3-5-7-15)13-22-19(25)16-8-9-21-18(12-16)24-11-10-20-14-24/h3-12,14,17H,13H2,1-2H3,(H,22,25)/t17-/m1/s1. The van der Waals surface area contributed by atoms with Crippen LogP contribution in [0.25, 0.3) is 5.82 Å². The van der Waals surface area contributed by atoms with Crippen molar-refractivity contribution >= 4 is 5.91 Å². The molecule has 25 heavy (non-hydrogen) atoms. The van der Waals surface area contributed by atoms with Crippen LogP contribution in [0.1, 0.15) is 22.0 Å². The number of amides is 1. The molecule has 3 aromatic rings. The summed E-state index contributed by atoms with van der Waals surface area (Å²) in [6.45, 7) is 0.526. The Balaban J connectivity index is 1.71. The number of rotatable bonds is 6. The second-order valence-electron chi connectivity index (χ2n) is 5.97. The highest BCUT2D eigenvalue weighted by atomic mass is 16.1. The molecule has 0 saturated heterocycles. The van der Waals surface area contributed by atoms with Crippen molar-refractivity contribution in [3.63, 3.8) is 0 Å². The molecule has 0 saturated carbocycles. The summed E-state index contributed by atoms with van der Waals surface area (Å²) >= 11 is 0. The number of pyridine rings is 1. The van der Waals surface area contributed by atoms with Crippen molar-refractivity contribution in [1.29, 1.82) is 0 Å². The molecular weight excluding hydrogens is 314 g/mol. The van der Waals surface area contributed by atoms with Gasteiger partial charge in [-0.05, 0) is 31.8 Å². The molecule has 0 aliphatic heterocycles. The van der Waals surface area contributed by atoms with Gasteiger partial charge in [-0.2, -0.15) is 0 Å². The summed E-state index contributed by atoms with van der Waals surface area (Å²) in [6, 6.07) is 13.7. The maximum atomic E-state index is 12.5. The molecular formula is C19H21N5O. The summed E-state index contributed by atoms with van der Waals surface area (Å²) in [6.07, 6.45) is 6.75. The van der Waals surface area contributed by atoms with E-state index in [2.05, 4.69) is 32.3 Å².